The van der Waals surface area contributed by atoms with E-state index in [1.54, 1.807) is 6.33 Å². The van der Waals surface area contributed by atoms with Gasteiger partial charge in [-0.25, -0.2) is 9.97 Å². The topological polar surface area (TPSA) is 51.8 Å². The smallest absolute Gasteiger partial charge is 0.131 e. The van der Waals surface area contributed by atoms with Crippen LogP contribution in [0.5, 0.6) is 0 Å². The highest BCUT2D eigenvalue weighted by atomic mass is 32.2. The molecule has 3 nitrogen and oxygen atoms in total. The molecule has 0 saturated heterocycles. The molecule has 0 spiro atoms. The first-order chi connectivity index (χ1) is 8.58. The minimum Gasteiger partial charge on any atom is -0.383 e. The first-order valence-corrected chi connectivity index (χ1v) is 7.73. The van der Waals surface area contributed by atoms with Crippen LogP contribution in [0, 0.1) is 5.92 Å². The molecule has 2 N–H and O–H groups in total. The lowest BCUT2D eigenvalue weighted by atomic mass is 9.91. The summed E-state index contributed by atoms with van der Waals surface area (Å²) in [6.07, 6.45) is 6.91. The maximum absolute atomic E-state index is 5.99. The summed E-state index contributed by atoms with van der Waals surface area (Å²) in [4.78, 5) is 8.57. The number of nitrogens with zero attached hydrogens (tertiary/aromatic N) is 2. The van der Waals surface area contributed by atoms with Crippen LogP contribution in [-0.2, 0) is 0 Å². The first-order valence-electron chi connectivity index (χ1n) is 6.85. The van der Waals surface area contributed by atoms with Crippen LogP contribution in [0.25, 0.3) is 0 Å². The molecule has 1 heterocycles. The van der Waals surface area contributed by atoms with Crippen molar-refractivity contribution in [3.63, 3.8) is 0 Å². The van der Waals surface area contributed by atoms with Gasteiger partial charge < -0.3 is 5.73 Å². The number of aromatic nitrogens is 2. The Hall–Kier alpha value is -0.770. The van der Waals surface area contributed by atoms with Gasteiger partial charge in [0.25, 0.3) is 0 Å². The predicted octanol–water partition coefficient (Wildman–Crippen LogP) is 3.85. The summed E-state index contributed by atoms with van der Waals surface area (Å²) >= 11 is 1.91. The highest BCUT2D eigenvalue weighted by Crippen LogP contribution is 2.38. The van der Waals surface area contributed by atoms with Crippen LogP contribution >= 0.6 is 11.8 Å². The van der Waals surface area contributed by atoms with E-state index in [9.17, 15) is 0 Å². The second-order valence-corrected chi connectivity index (χ2v) is 6.93. The molecular formula is C14H23N3S. The fourth-order valence-electron chi connectivity index (χ4n) is 2.67. The van der Waals surface area contributed by atoms with E-state index in [0.717, 1.165) is 16.5 Å². The molecule has 1 aliphatic rings. The van der Waals surface area contributed by atoms with Gasteiger partial charge in [0.2, 0.25) is 0 Å². The van der Waals surface area contributed by atoms with Crippen LogP contribution in [0.4, 0.5) is 5.82 Å². The number of hydrogen-bond acceptors (Lipinski definition) is 4. The van der Waals surface area contributed by atoms with Crippen LogP contribution in [0.1, 0.15) is 57.9 Å². The Balaban J connectivity index is 2.15. The molecule has 0 aromatic carbocycles. The second kappa shape index (κ2) is 5.91. The Morgan fingerprint density at radius 3 is 2.78 bits per heavy atom. The van der Waals surface area contributed by atoms with Crippen molar-refractivity contribution in [2.45, 2.75) is 62.6 Å². The minimum absolute atomic E-state index is 0.384. The van der Waals surface area contributed by atoms with Gasteiger partial charge >= 0.3 is 0 Å². The Morgan fingerprint density at radius 2 is 2.11 bits per heavy atom. The molecule has 1 aromatic heterocycles. The van der Waals surface area contributed by atoms with Crippen LogP contribution in [0.15, 0.2) is 11.4 Å². The van der Waals surface area contributed by atoms with Crippen LogP contribution in [0.2, 0.25) is 0 Å². The van der Waals surface area contributed by atoms with Gasteiger partial charge in [-0.05, 0) is 24.7 Å². The van der Waals surface area contributed by atoms with E-state index >= 15 is 0 Å². The third-order valence-corrected chi connectivity index (χ3v) is 4.93. The summed E-state index contributed by atoms with van der Waals surface area (Å²) in [5.41, 5.74) is 7.12. The summed E-state index contributed by atoms with van der Waals surface area (Å²) in [5, 5.41) is 1.79. The Labute approximate surface area is 114 Å². The number of anilines is 1. The van der Waals surface area contributed by atoms with Gasteiger partial charge in [0, 0.05) is 10.8 Å². The van der Waals surface area contributed by atoms with Crippen molar-refractivity contribution in [2.24, 2.45) is 5.92 Å². The number of rotatable bonds is 3. The summed E-state index contributed by atoms with van der Waals surface area (Å²) in [7, 11) is 0. The van der Waals surface area contributed by atoms with Crippen molar-refractivity contribution in [3.8, 4) is 0 Å². The molecule has 1 saturated carbocycles. The number of thioether (sulfide) groups is 1. The third-order valence-electron chi connectivity index (χ3n) is 3.62. The highest BCUT2D eigenvalue weighted by Gasteiger charge is 2.22. The monoisotopic (exact) mass is 265 g/mol. The highest BCUT2D eigenvalue weighted by molar-refractivity contribution is 7.99. The number of nitrogen functional groups attached to an aromatic ring is 1. The van der Waals surface area contributed by atoms with Crippen molar-refractivity contribution in [1.82, 2.24) is 9.97 Å². The van der Waals surface area contributed by atoms with Gasteiger partial charge in [0.1, 0.15) is 17.2 Å². The zero-order valence-corrected chi connectivity index (χ0v) is 12.3. The van der Waals surface area contributed by atoms with Gasteiger partial charge in [-0.1, -0.05) is 33.6 Å². The van der Waals surface area contributed by atoms with Crippen molar-refractivity contribution < 1.29 is 0 Å². The molecule has 0 amide bonds. The fourth-order valence-corrected chi connectivity index (χ4v) is 4.27. The van der Waals surface area contributed by atoms with Gasteiger partial charge in [-0.2, -0.15) is 0 Å². The van der Waals surface area contributed by atoms with Gasteiger partial charge in [0.15, 0.2) is 0 Å². The van der Waals surface area contributed by atoms with Crippen LogP contribution < -0.4 is 5.73 Å². The Morgan fingerprint density at radius 1 is 1.33 bits per heavy atom. The number of nitrogens with two attached hydrogens (primary N) is 1. The zero-order chi connectivity index (χ0) is 13.1. The molecule has 2 rings (SSSR count). The lowest BCUT2D eigenvalue weighted by Gasteiger charge is -2.26. The van der Waals surface area contributed by atoms with Crippen molar-refractivity contribution >= 4 is 17.6 Å². The van der Waals surface area contributed by atoms with E-state index in [-0.39, 0.29) is 0 Å². The van der Waals surface area contributed by atoms with Crippen molar-refractivity contribution in [2.75, 3.05) is 5.73 Å². The lowest BCUT2D eigenvalue weighted by Crippen LogP contribution is -2.16. The summed E-state index contributed by atoms with van der Waals surface area (Å²) in [5.74, 6) is 1.87. The summed E-state index contributed by atoms with van der Waals surface area (Å²) in [6.45, 7) is 6.66. The van der Waals surface area contributed by atoms with Crippen molar-refractivity contribution in [1.29, 1.82) is 0 Å². The molecule has 18 heavy (non-hydrogen) atoms. The average molecular weight is 265 g/mol. The normalized spacial score (nSPS) is 24.4. The van der Waals surface area contributed by atoms with Crippen molar-refractivity contribution in [3.05, 3.63) is 11.9 Å². The van der Waals surface area contributed by atoms with Gasteiger partial charge in [-0.15, -0.1) is 11.8 Å². The van der Waals surface area contributed by atoms with E-state index < -0.39 is 0 Å². The van der Waals surface area contributed by atoms with E-state index in [4.69, 9.17) is 5.73 Å². The lowest BCUT2D eigenvalue weighted by molar-refractivity contribution is 0.394. The molecule has 1 fully saturated rings. The maximum atomic E-state index is 5.99. The second-order valence-electron chi connectivity index (χ2n) is 5.64. The quantitative estimate of drug-likeness (QED) is 0.843. The molecule has 1 aliphatic carbocycles. The van der Waals surface area contributed by atoms with Crippen LogP contribution in [-0.4, -0.2) is 15.2 Å². The Kier molecular flexibility index (Phi) is 4.49. The minimum atomic E-state index is 0.384. The summed E-state index contributed by atoms with van der Waals surface area (Å²) in [6, 6.07) is 0. The SMILES string of the molecule is CC1CCCC(Sc2ncnc(N)c2C(C)C)C1. The molecule has 0 bridgehead atoms. The molecule has 1 aromatic rings. The molecule has 0 radical (unpaired) electrons. The van der Waals surface area contributed by atoms with Crippen LogP contribution in [0.3, 0.4) is 0 Å². The predicted molar refractivity (Wildman–Crippen MR) is 77.8 cm³/mol. The third kappa shape index (κ3) is 3.16. The van der Waals surface area contributed by atoms with E-state index in [1.165, 1.54) is 25.7 Å². The largest absolute Gasteiger partial charge is 0.383 e. The Bertz CT molecular complexity index is 406. The average Bonchev–Trinajstić information content (AvgIpc) is 2.28. The molecule has 0 aliphatic heterocycles. The zero-order valence-electron chi connectivity index (χ0n) is 11.5. The molecule has 2 unspecified atom stereocenters. The molecule has 100 valence electrons. The number of hydrogen-bond donors (Lipinski definition) is 1. The first kappa shape index (κ1) is 13.7. The van der Waals surface area contributed by atoms with E-state index in [2.05, 4.69) is 30.7 Å². The molecular weight excluding hydrogens is 242 g/mol. The van der Waals surface area contributed by atoms with Gasteiger partial charge in [0.05, 0.1) is 0 Å². The van der Waals surface area contributed by atoms with E-state index in [0.29, 0.717) is 17.0 Å². The van der Waals surface area contributed by atoms with Gasteiger partial charge in [-0.3, -0.25) is 0 Å². The fraction of sp³-hybridized carbons (Fsp3) is 0.714. The standard InChI is InChI=1S/C14H23N3S/c1-9(2)12-13(15)16-8-17-14(12)18-11-6-4-5-10(3)7-11/h8-11H,4-7H2,1-3H3,(H2,15,16,17). The maximum Gasteiger partial charge on any atom is 0.131 e. The molecule has 4 heteroatoms. The van der Waals surface area contributed by atoms with E-state index in [1.807, 2.05) is 11.8 Å². The summed E-state index contributed by atoms with van der Waals surface area (Å²) < 4.78 is 0. The molecule has 2 atom stereocenters.